The van der Waals surface area contributed by atoms with E-state index in [1.807, 2.05) is 28.8 Å². The molecule has 1 heterocycles. The van der Waals surface area contributed by atoms with Crippen LogP contribution in [0.15, 0.2) is 35.7 Å². The zero-order chi connectivity index (χ0) is 14.7. The Hall–Kier alpha value is -1.82. The first-order chi connectivity index (χ1) is 10.3. The first kappa shape index (κ1) is 14.1. The molecule has 0 spiro atoms. The van der Waals surface area contributed by atoms with E-state index in [1.54, 1.807) is 13.4 Å². The first-order valence-corrected chi connectivity index (χ1v) is 7.90. The molecule has 1 fully saturated rings. The number of hydrogen-bond acceptors (Lipinski definition) is 5. The Balaban J connectivity index is 1.88. The van der Waals surface area contributed by atoms with Gasteiger partial charge in [-0.2, -0.15) is 0 Å². The summed E-state index contributed by atoms with van der Waals surface area (Å²) >= 11 is 1.50. The number of ether oxygens (including phenoxy) is 1. The van der Waals surface area contributed by atoms with Crippen molar-refractivity contribution in [3.63, 3.8) is 0 Å². The molecule has 0 amide bonds. The monoisotopic (exact) mass is 303 g/mol. The number of methoxy groups -OCH3 is 1. The highest BCUT2D eigenvalue weighted by Crippen LogP contribution is 2.33. The Morgan fingerprint density at radius 2 is 2.19 bits per heavy atom. The average molecular weight is 303 g/mol. The van der Waals surface area contributed by atoms with E-state index < -0.39 is 0 Å². The third kappa shape index (κ3) is 2.95. The maximum atomic E-state index is 12.0. The number of hydrogen-bond donors (Lipinski definition) is 0. The molecule has 6 heteroatoms. The van der Waals surface area contributed by atoms with E-state index in [0.717, 1.165) is 35.9 Å². The summed E-state index contributed by atoms with van der Waals surface area (Å²) in [7, 11) is 1.64. The lowest BCUT2D eigenvalue weighted by molar-refractivity contribution is -0.119. The average Bonchev–Trinajstić information content (AvgIpc) is 2.97. The Morgan fingerprint density at radius 1 is 1.33 bits per heavy atom. The first-order valence-electron chi connectivity index (χ1n) is 7.02. The van der Waals surface area contributed by atoms with Gasteiger partial charge in [-0.05, 0) is 25.0 Å². The quantitative estimate of drug-likeness (QED) is 0.869. The van der Waals surface area contributed by atoms with Crippen LogP contribution >= 0.6 is 11.8 Å². The molecule has 5 nitrogen and oxygen atoms in total. The number of aromatic nitrogens is 3. The molecule has 1 aliphatic carbocycles. The fourth-order valence-corrected chi connectivity index (χ4v) is 3.64. The third-order valence-electron chi connectivity index (χ3n) is 3.61. The number of carbonyl (C=O) groups is 1. The van der Waals surface area contributed by atoms with Gasteiger partial charge in [0.2, 0.25) is 0 Å². The SMILES string of the molecule is COc1ccccc1-n1cnnc1S[C@H]1CCCCC1=O. The summed E-state index contributed by atoms with van der Waals surface area (Å²) in [6.45, 7) is 0. The lowest BCUT2D eigenvalue weighted by atomic mass is 9.99. The second-order valence-corrected chi connectivity index (χ2v) is 6.14. The van der Waals surface area contributed by atoms with E-state index in [-0.39, 0.29) is 5.25 Å². The zero-order valence-corrected chi connectivity index (χ0v) is 12.7. The summed E-state index contributed by atoms with van der Waals surface area (Å²) in [5.74, 6) is 1.08. The highest BCUT2D eigenvalue weighted by atomic mass is 32.2. The second-order valence-electron chi connectivity index (χ2n) is 4.97. The Labute approximate surface area is 127 Å². The van der Waals surface area contributed by atoms with Crippen LogP contribution in [0.5, 0.6) is 5.75 Å². The second kappa shape index (κ2) is 6.30. The van der Waals surface area contributed by atoms with Crippen molar-refractivity contribution in [2.45, 2.75) is 36.1 Å². The van der Waals surface area contributed by atoms with Gasteiger partial charge in [0.25, 0.3) is 0 Å². The van der Waals surface area contributed by atoms with Gasteiger partial charge in [-0.15, -0.1) is 10.2 Å². The number of thioether (sulfide) groups is 1. The summed E-state index contributed by atoms with van der Waals surface area (Å²) in [5.41, 5.74) is 0.885. The molecule has 0 unspecified atom stereocenters. The van der Waals surface area contributed by atoms with Crippen molar-refractivity contribution >= 4 is 17.5 Å². The van der Waals surface area contributed by atoms with Gasteiger partial charge in [0.05, 0.1) is 18.0 Å². The Bertz CT molecular complexity index is 641. The van der Waals surface area contributed by atoms with Crippen LogP contribution in [0.25, 0.3) is 5.69 Å². The van der Waals surface area contributed by atoms with Crippen molar-refractivity contribution in [3.05, 3.63) is 30.6 Å². The molecule has 1 aliphatic rings. The molecule has 1 aromatic carbocycles. The summed E-state index contributed by atoms with van der Waals surface area (Å²) in [4.78, 5) is 12.0. The summed E-state index contributed by atoms with van der Waals surface area (Å²) < 4.78 is 7.26. The molecule has 0 aliphatic heterocycles. The van der Waals surface area contributed by atoms with Gasteiger partial charge in [0.15, 0.2) is 5.16 Å². The summed E-state index contributed by atoms with van der Waals surface area (Å²) in [6, 6.07) is 7.71. The fraction of sp³-hybridized carbons (Fsp3) is 0.400. The highest BCUT2D eigenvalue weighted by Gasteiger charge is 2.25. The largest absolute Gasteiger partial charge is 0.495 e. The number of carbonyl (C=O) groups excluding carboxylic acids is 1. The number of ketones is 1. The minimum Gasteiger partial charge on any atom is -0.495 e. The third-order valence-corrected chi connectivity index (χ3v) is 4.88. The number of nitrogens with zero attached hydrogens (tertiary/aromatic N) is 3. The number of rotatable bonds is 4. The maximum Gasteiger partial charge on any atom is 0.196 e. The summed E-state index contributed by atoms with van der Waals surface area (Å²) in [6.07, 6.45) is 5.37. The van der Waals surface area contributed by atoms with Gasteiger partial charge in [-0.3, -0.25) is 9.36 Å². The molecule has 1 saturated carbocycles. The Kier molecular flexibility index (Phi) is 4.24. The van der Waals surface area contributed by atoms with Gasteiger partial charge in [-0.1, -0.05) is 30.3 Å². The van der Waals surface area contributed by atoms with Crippen molar-refractivity contribution in [2.75, 3.05) is 7.11 Å². The molecule has 0 radical (unpaired) electrons. The summed E-state index contributed by atoms with van der Waals surface area (Å²) in [5, 5.41) is 8.89. The van der Waals surface area contributed by atoms with E-state index in [2.05, 4.69) is 10.2 Å². The Morgan fingerprint density at radius 3 is 3.00 bits per heavy atom. The maximum absolute atomic E-state index is 12.0. The smallest absolute Gasteiger partial charge is 0.196 e. The van der Waals surface area contributed by atoms with Crippen molar-refractivity contribution in [3.8, 4) is 11.4 Å². The molecule has 21 heavy (non-hydrogen) atoms. The van der Waals surface area contributed by atoms with Crippen LogP contribution in [0.1, 0.15) is 25.7 Å². The molecule has 1 atom stereocenters. The van der Waals surface area contributed by atoms with Crippen molar-refractivity contribution < 1.29 is 9.53 Å². The molecule has 3 rings (SSSR count). The van der Waals surface area contributed by atoms with Gasteiger partial charge in [-0.25, -0.2) is 0 Å². The van der Waals surface area contributed by atoms with E-state index in [0.29, 0.717) is 12.2 Å². The lowest BCUT2D eigenvalue weighted by Gasteiger charge is -2.19. The van der Waals surface area contributed by atoms with E-state index in [9.17, 15) is 4.79 Å². The van der Waals surface area contributed by atoms with E-state index in [4.69, 9.17) is 4.74 Å². The van der Waals surface area contributed by atoms with Crippen LogP contribution in [0.4, 0.5) is 0 Å². The van der Waals surface area contributed by atoms with Crippen LogP contribution in [-0.4, -0.2) is 32.9 Å². The molecule has 0 bridgehead atoms. The van der Waals surface area contributed by atoms with Crippen LogP contribution < -0.4 is 4.74 Å². The van der Waals surface area contributed by atoms with Gasteiger partial charge in [0, 0.05) is 6.42 Å². The minimum atomic E-state index is -0.00333. The highest BCUT2D eigenvalue weighted by molar-refractivity contribution is 8.00. The fourth-order valence-electron chi connectivity index (χ4n) is 2.50. The number of Topliss-reactive ketones (excluding diaryl/α,β-unsaturated/α-hetero) is 1. The standard InChI is InChI=1S/C15H17N3O2S/c1-20-13-8-4-2-6-11(13)18-10-16-17-15(18)21-14-9-5-3-7-12(14)19/h2,4,6,8,10,14H,3,5,7,9H2,1H3/t14-/m0/s1. The van der Waals surface area contributed by atoms with E-state index in [1.165, 1.54) is 11.8 Å². The number of benzene rings is 1. The molecule has 0 saturated heterocycles. The van der Waals surface area contributed by atoms with Crippen LogP contribution in [0, 0.1) is 0 Å². The van der Waals surface area contributed by atoms with Crippen molar-refractivity contribution in [1.29, 1.82) is 0 Å². The van der Waals surface area contributed by atoms with Crippen LogP contribution in [0.2, 0.25) is 0 Å². The molecule has 0 N–H and O–H groups in total. The molecular weight excluding hydrogens is 286 g/mol. The van der Waals surface area contributed by atoms with E-state index >= 15 is 0 Å². The van der Waals surface area contributed by atoms with Crippen molar-refractivity contribution in [1.82, 2.24) is 14.8 Å². The lowest BCUT2D eigenvalue weighted by Crippen LogP contribution is -2.21. The van der Waals surface area contributed by atoms with Crippen LogP contribution in [-0.2, 0) is 4.79 Å². The predicted molar refractivity (Wildman–Crippen MR) is 81.0 cm³/mol. The van der Waals surface area contributed by atoms with Crippen molar-refractivity contribution in [2.24, 2.45) is 0 Å². The molecule has 110 valence electrons. The normalized spacial score (nSPS) is 18.7. The predicted octanol–water partition coefficient (Wildman–Crippen LogP) is 2.88. The number of para-hydroxylation sites is 2. The zero-order valence-electron chi connectivity index (χ0n) is 11.9. The van der Waals surface area contributed by atoms with Gasteiger partial charge in [0.1, 0.15) is 17.9 Å². The minimum absolute atomic E-state index is 0.00333. The topological polar surface area (TPSA) is 57.0 Å². The van der Waals surface area contributed by atoms with Gasteiger partial charge >= 0.3 is 0 Å². The van der Waals surface area contributed by atoms with Crippen LogP contribution in [0.3, 0.4) is 0 Å². The molecule has 2 aromatic rings. The molecule has 1 aromatic heterocycles. The molecular formula is C15H17N3O2S. The van der Waals surface area contributed by atoms with Gasteiger partial charge < -0.3 is 4.74 Å².